The summed E-state index contributed by atoms with van der Waals surface area (Å²) in [7, 11) is -3.92. The van der Waals surface area contributed by atoms with E-state index in [1.54, 1.807) is 0 Å². The Hall–Kier alpha value is -1.49. The van der Waals surface area contributed by atoms with Crippen molar-refractivity contribution in [2.24, 2.45) is 5.92 Å². The number of hydrogen-bond acceptors (Lipinski definition) is 9. The fourth-order valence-corrected chi connectivity index (χ4v) is 6.76. The minimum absolute atomic E-state index is 0.0544. The van der Waals surface area contributed by atoms with Gasteiger partial charge < -0.3 is 36.4 Å². The third kappa shape index (κ3) is 11.1. The van der Waals surface area contributed by atoms with E-state index in [0.29, 0.717) is 30.8 Å². The Balaban J connectivity index is 1.11. The first-order valence-corrected chi connectivity index (χ1v) is 17.0. The maximum Gasteiger partial charge on any atom is 0.325 e. The molecule has 2 saturated carbocycles. The first kappa shape index (κ1) is 30.5. The molecule has 12 heteroatoms. The first-order chi connectivity index (χ1) is 18.8. The van der Waals surface area contributed by atoms with Crippen LogP contribution in [0.4, 0.5) is 17.6 Å². The fraction of sp³-hybridized carbons (Fsp3) is 0.852. The number of nitrogens with zero attached hydrogens (tertiary/aromatic N) is 4. The molecule has 39 heavy (non-hydrogen) atoms. The molecule has 4 rings (SSSR count). The lowest BCUT2D eigenvalue weighted by atomic mass is 9.86. The molecule has 0 atom stereocenters. The molecule has 1 aromatic heterocycles. The number of nitrogen functional groups attached to an aromatic ring is 1. The van der Waals surface area contributed by atoms with Crippen molar-refractivity contribution in [3.05, 3.63) is 6.07 Å². The third-order valence-corrected chi connectivity index (χ3v) is 9.43. The van der Waals surface area contributed by atoms with Gasteiger partial charge >= 0.3 is 7.60 Å². The molecule has 3 fully saturated rings. The summed E-state index contributed by atoms with van der Waals surface area (Å²) in [4.78, 5) is 31.8. The molecular weight excluding hydrogens is 515 g/mol. The molecule has 1 aromatic rings. The summed E-state index contributed by atoms with van der Waals surface area (Å²) in [6.45, 7) is 7.33. The van der Waals surface area contributed by atoms with Crippen LogP contribution in [0.15, 0.2) is 6.07 Å². The van der Waals surface area contributed by atoms with Gasteiger partial charge in [0.05, 0.1) is 6.16 Å². The van der Waals surface area contributed by atoms with E-state index in [4.69, 9.17) is 20.5 Å². The summed E-state index contributed by atoms with van der Waals surface area (Å²) in [6, 6.07) is 2.97. The lowest BCUT2D eigenvalue weighted by molar-refractivity contribution is 0.256. The van der Waals surface area contributed by atoms with E-state index in [1.165, 1.54) is 51.4 Å². The van der Waals surface area contributed by atoms with Gasteiger partial charge in [-0.1, -0.05) is 19.3 Å². The maximum atomic E-state index is 11.1. The summed E-state index contributed by atoms with van der Waals surface area (Å²) in [5, 5.41) is 11.0. The smallest absolute Gasteiger partial charge is 0.325 e. The summed E-state index contributed by atoms with van der Waals surface area (Å²) in [5.74, 6) is 2.67. The number of piperazine rings is 1. The van der Waals surface area contributed by atoms with Gasteiger partial charge in [0, 0.05) is 44.3 Å². The van der Waals surface area contributed by atoms with Gasteiger partial charge in [0.15, 0.2) is 0 Å². The number of anilines is 3. The lowest BCUT2D eigenvalue weighted by Crippen LogP contribution is -2.47. The Morgan fingerprint density at radius 2 is 1.67 bits per heavy atom. The zero-order chi connectivity index (χ0) is 27.5. The van der Waals surface area contributed by atoms with Crippen molar-refractivity contribution < 1.29 is 14.4 Å². The van der Waals surface area contributed by atoms with Gasteiger partial charge in [-0.05, 0) is 83.5 Å². The summed E-state index contributed by atoms with van der Waals surface area (Å²) < 4.78 is 11.1. The maximum absolute atomic E-state index is 11.1. The molecule has 0 amide bonds. The Bertz CT molecular complexity index is 897. The number of nitrogens with two attached hydrogens (primary N) is 1. The van der Waals surface area contributed by atoms with Crippen molar-refractivity contribution in [2.75, 3.05) is 74.5 Å². The highest BCUT2D eigenvalue weighted by Crippen LogP contribution is 2.35. The zero-order valence-corrected chi connectivity index (χ0v) is 24.5. The minimum Gasteiger partial charge on any atom is -0.383 e. The second-order valence-corrected chi connectivity index (χ2v) is 13.5. The van der Waals surface area contributed by atoms with Crippen LogP contribution in [0.1, 0.15) is 70.6 Å². The van der Waals surface area contributed by atoms with E-state index in [2.05, 4.69) is 30.7 Å². The van der Waals surface area contributed by atoms with Gasteiger partial charge in [0.1, 0.15) is 11.6 Å². The summed E-state index contributed by atoms with van der Waals surface area (Å²) >= 11 is 0. The van der Waals surface area contributed by atoms with Crippen LogP contribution in [0.2, 0.25) is 0 Å². The molecule has 0 bridgehead atoms. The topological polar surface area (TPSA) is 152 Å². The predicted octanol–water partition coefficient (Wildman–Crippen LogP) is 2.62. The molecule has 2 aliphatic carbocycles. The molecule has 1 saturated heterocycles. The number of rotatable bonds is 14. The predicted molar refractivity (Wildman–Crippen MR) is 158 cm³/mol. The van der Waals surface area contributed by atoms with Crippen LogP contribution >= 0.6 is 7.60 Å². The molecule has 3 aliphatic rings. The highest BCUT2D eigenvalue weighted by Gasteiger charge is 2.23. The van der Waals surface area contributed by atoms with Crippen molar-refractivity contribution in [2.45, 2.75) is 82.7 Å². The van der Waals surface area contributed by atoms with Crippen LogP contribution in [0.25, 0.3) is 0 Å². The molecule has 7 N–H and O–H groups in total. The Morgan fingerprint density at radius 1 is 0.923 bits per heavy atom. The van der Waals surface area contributed by atoms with E-state index in [9.17, 15) is 4.57 Å². The average Bonchev–Trinajstić information content (AvgIpc) is 2.91. The van der Waals surface area contributed by atoms with E-state index in [1.807, 2.05) is 6.07 Å². The number of nitrogens with one attached hydrogen (secondary N) is 3. The first-order valence-electron chi connectivity index (χ1n) is 15.2. The Kier molecular flexibility index (Phi) is 12.1. The highest BCUT2D eigenvalue weighted by molar-refractivity contribution is 7.51. The Morgan fingerprint density at radius 3 is 2.38 bits per heavy atom. The largest absolute Gasteiger partial charge is 0.383 e. The van der Waals surface area contributed by atoms with Gasteiger partial charge in [0.25, 0.3) is 0 Å². The monoisotopic (exact) mass is 566 g/mol. The van der Waals surface area contributed by atoms with Crippen LogP contribution in [-0.2, 0) is 4.57 Å². The molecular formula is C27H51N8O3P. The number of hydrogen-bond donors (Lipinski definition) is 6. The molecule has 0 aromatic carbocycles. The van der Waals surface area contributed by atoms with Crippen molar-refractivity contribution in [1.29, 1.82) is 0 Å². The number of aromatic nitrogens is 2. The van der Waals surface area contributed by atoms with Crippen LogP contribution in [-0.4, -0.2) is 95.3 Å². The van der Waals surface area contributed by atoms with Crippen molar-refractivity contribution in [3.63, 3.8) is 0 Å². The minimum atomic E-state index is -3.92. The fourth-order valence-electron chi connectivity index (χ4n) is 6.21. The van der Waals surface area contributed by atoms with Crippen LogP contribution in [0, 0.1) is 5.92 Å². The molecule has 0 radical (unpaired) electrons. The molecule has 1 aliphatic heterocycles. The van der Waals surface area contributed by atoms with Crippen LogP contribution in [0.5, 0.6) is 0 Å². The van der Waals surface area contributed by atoms with Crippen LogP contribution < -0.4 is 26.6 Å². The van der Waals surface area contributed by atoms with Crippen molar-refractivity contribution in [3.8, 4) is 0 Å². The molecule has 0 unspecified atom stereocenters. The van der Waals surface area contributed by atoms with E-state index in [0.717, 1.165) is 76.4 Å². The summed E-state index contributed by atoms with van der Waals surface area (Å²) in [6.07, 6.45) is 13.2. The van der Waals surface area contributed by atoms with Gasteiger partial charge in [-0.15, -0.1) is 0 Å². The highest BCUT2D eigenvalue weighted by atomic mass is 31.2. The molecule has 0 spiro atoms. The third-order valence-electron chi connectivity index (χ3n) is 8.53. The Labute approximate surface area is 234 Å². The lowest BCUT2D eigenvalue weighted by Gasteiger charge is -2.35. The van der Waals surface area contributed by atoms with Crippen molar-refractivity contribution in [1.82, 2.24) is 25.5 Å². The van der Waals surface area contributed by atoms with E-state index in [-0.39, 0.29) is 6.16 Å². The van der Waals surface area contributed by atoms with E-state index >= 15 is 0 Å². The zero-order valence-electron chi connectivity index (χ0n) is 23.6. The second-order valence-electron chi connectivity index (χ2n) is 11.8. The quantitative estimate of drug-likeness (QED) is 0.146. The van der Waals surface area contributed by atoms with E-state index < -0.39 is 7.60 Å². The van der Waals surface area contributed by atoms with Gasteiger partial charge in [-0.2, -0.15) is 9.97 Å². The second kappa shape index (κ2) is 15.5. The normalized spacial score (nSPS) is 23.7. The SMILES string of the molecule is Nc1cc(N2CCN(CCCP(=O)(O)O)CC2)nc(NC2CCC(CNCCCNC3CCCCC3)CC2)n1. The molecule has 11 nitrogen and oxygen atoms in total. The standard InChI is InChI=1S/C27H51N8O3P/c28-25-20-26(35-17-15-34(16-18-35)14-5-19-39(36,37)38)33-27(32-25)31-24-10-8-22(9-11-24)21-29-12-4-13-30-23-6-2-1-3-7-23/h20,22-24,29-30H,1-19,21H2,(H2,36,37,38)(H3,28,31,32,33). The van der Waals surface area contributed by atoms with Crippen molar-refractivity contribution >= 4 is 25.2 Å². The molecule has 222 valence electrons. The molecule has 2 heterocycles. The van der Waals surface area contributed by atoms with Crippen LogP contribution in [0.3, 0.4) is 0 Å². The average molecular weight is 567 g/mol. The van der Waals surface area contributed by atoms with Gasteiger partial charge in [0.2, 0.25) is 5.95 Å². The summed E-state index contributed by atoms with van der Waals surface area (Å²) in [5.41, 5.74) is 6.14. The van der Waals surface area contributed by atoms with Gasteiger partial charge in [-0.3, -0.25) is 9.46 Å². The van der Waals surface area contributed by atoms with Gasteiger partial charge in [-0.25, -0.2) is 0 Å².